The van der Waals surface area contributed by atoms with Crippen molar-refractivity contribution in [1.82, 2.24) is 14.8 Å². The van der Waals surface area contributed by atoms with E-state index in [9.17, 15) is 0 Å². The fourth-order valence-electron chi connectivity index (χ4n) is 3.31. The van der Waals surface area contributed by atoms with Crippen LogP contribution in [-0.2, 0) is 6.42 Å². The maximum atomic E-state index is 4.48. The van der Waals surface area contributed by atoms with Gasteiger partial charge in [-0.3, -0.25) is 0 Å². The van der Waals surface area contributed by atoms with Crippen molar-refractivity contribution in [2.75, 3.05) is 0 Å². The molecular weight excluding hydrogens is 198 g/mol. The second-order valence-corrected chi connectivity index (χ2v) is 5.42. The Morgan fingerprint density at radius 2 is 1.81 bits per heavy atom. The summed E-state index contributed by atoms with van der Waals surface area (Å²) in [6.45, 7) is 2.32. The summed E-state index contributed by atoms with van der Waals surface area (Å²) >= 11 is 0. The molecule has 3 nitrogen and oxygen atoms in total. The average molecular weight is 219 g/mol. The Labute approximate surface area is 97.3 Å². The van der Waals surface area contributed by atoms with Gasteiger partial charge in [-0.05, 0) is 32.6 Å². The highest BCUT2D eigenvalue weighted by atomic mass is 15.3. The summed E-state index contributed by atoms with van der Waals surface area (Å²) in [5, 5.41) is 8.88. The van der Waals surface area contributed by atoms with Crippen molar-refractivity contribution in [3.05, 3.63) is 11.6 Å². The molecule has 1 aliphatic heterocycles. The van der Waals surface area contributed by atoms with Crippen LogP contribution in [0.25, 0.3) is 0 Å². The van der Waals surface area contributed by atoms with Crippen LogP contribution < -0.4 is 0 Å². The molecule has 1 aromatic rings. The Bertz CT molecular complexity index is 363. The molecule has 3 heteroatoms. The van der Waals surface area contributed by atoms with E-state index < -0.39 is 0 Å². The molecule has 0 saturated heterocycles. The third kappa shape index (κ3) is 1.66. The first kappa shape index (κ1) is 10.3. The normalized spacial score (nSPS) is 26.7. The molecular formula is C13H21N3. The minimum atomic E-state index is 0.621. The summed E-state index contributed by atoms with van der Waals surface area (Å²) in [7, 11) is 0. The number of nitrogens with zero attached hydrogens (tertiary/aromatic N) is 3. The molecule has 1 atom stereocenters. The molecule has 1 unspecified atom stereocenters. The number of hydrogen-bond donors (Lipinski definition) is 0. The molecule has 2 aliphatic rings. The minimum Gasteiger partial charge on any atom is -0.312 e. The van der Waals surface area contributed by atoms with E-state index in [2.05, 4.69) is 21.7 Å². The first-order chi connectivity index (χ1) is 7.86. The van der Waals surface area contributed by atoms with Crippen LogP contribution in [0.1, 0.15) is 75.5 Å². The second kappa shape index (κ2) is 4.19. The smallest absolute Gasteiger partial charge is 0.136 e. The lowest BCUT2D eigenvalue weighted by Gasteiger charge is -2.27. The van der Waals surface area contributed by atoms with E-state index in [1.54, 1.807) is 0 Å². The van der Waals surface area contributed by atoms with Crippen LogP contribution in [0.4, 0.5) is 0 Å². The van der Waals surface area contributed by atoms with Crippen LogP contribution >= 0.6 is 0 Å². The topological polar surface area (TPSA) is 30.7 Å². The van der Waals surface area contributed by atoms with Gasteiger partial charge in [0.15, 0.2) is 0 Å². The molecule has 1 aliphatic carbocycles. The van der Waals surface area contributed by atoms with Crippen LogP contribution in [0.2, 0.25) is 0 Å². The predicted molar refractivity (Wildman–Crippen MR) is 63.5 cm³/mol. The van der Waals surface area contributed by atoms with Gasteiger partial charge in [0, 0.05) is 18.4 Å². The van der Waals surface area contributed by atoms with Gasteiger partial charge in [0.2, 0.25) is 0 Å². The molecule has 0 bridgehead atoms. The van der Waals surface area contributed by atoms with E-state index in [0.717, 1.165) is 6.42 Å². The Kier molecular flexibility index (Phi) is 2.70. The molecule has 0 spiro atoms. The Hall–Kier alpha value is -0.860. The van der Waals surface area contributed by atoms with E-state index in [1.807, 2.05) is 0 Å². The van der Waals surface area contributed by atoms with E-state index in [0.29, 0.717) is 12.0 Å². The molecule has 2 heterocycles. The van der Waals surface area contributed by atoms with E-state index >= 15 is 0 Å². The summed E-state index contributed by atoms with van der Waals surface area (Å²) in [4.78, 5) is 0. The van der Waals surface area contributed by atoms with Gasteiger partial charge in [0.25, 0.3) is 0 Å². The Morgan fingerprint density at radius 3 is 2.62 bits per heavy atom. The zero-order chi connectivity index (χ0) is 11.0. The van der Waals surface area contributed by atoms with Crippen molar-refractivity contribution in [2.24, 2.45) is 0 Å². The SMILES string of the molecule is CC1CCCc2nnc(C3CCCCC3)n21. The number of fused-ring (bicyclic) bond motifs is 1. The van der Waals surface area contributed by atoms with E-state index in [1.165, 1.54) is 56.6 Å². The molecule has 0 N–H and O–H groups in total. The third-order valence-corrected chi connectivity index (χ3v) is 4.23. The van der Waals surface area contributed by atoms with Crippen molar-refractivity contribution >= 4 is 0 Å². The average Bonchev–Trinajstić information content (AvgIpc) is 2.75. The highest BCUT2D eigenvalue weighted by molar-refractivity contribution is 5.07. The van der Waals surface area contributed by atoms with Crippen LogP contribution in [0, 0.1) is 0 Å². The largest absolute Gasteiger partial charge is 0.312 e. The van der Waals surface area contributed by atoms with Gasteiger partial charge in [0.1, 0.15) is 11.6 Å². The fourth-order valence-corrected chi connectivity index (χ4v) is 3.31. The first-order valence-electron chi connectivity index (χ1n) is 6.80. The van der Waals surface area contributed by atoms with Crippen molar-refractivity contribution in [3.63, 3.8) is 0 Å². The predicted octanol–water partition coefficient (Wildman–Crippen LogP) is 3.22. The minimum absolute atomic E-state index is 0.621. The van der Waals surface area contributed by atoms with Crippen LogP contribution in [0.15, 0.2) is 0 Å². The fraction of sp³-hybridized carbons (Fsp3) is 0.846. The van der Waals surface area contributed by atoms with Gasteiger partial charge in [-0.25, -0.2) is 0 Å². The summed E-state index contributed by atoms with van der Waals surface area (Å²) in [6.07, 6.45) is 10.5. The van der Waals surface area contributed by atoms with Crippen molar-refractivity contribution in [2.45, 2.75) is 70.3 Å². The molecule has 0 amide bonds. The molecule has 3 rings (SSSR count). The van der Waals surface area contributed by atoms with E-state index in [-0.39, 0.29) is 0 Å². The second-order valence-electron chi connectivity index (χ2n) is 5.42. The third-order valence-electron chi connectivity index (χ3n) is 4.23. The zero-order valence-corrected chi connectivity index (χ0v) is 10.2. The molecule has 0 radical (unpaired) electrons. The Morgan fingerprint density at radius 1 is 1.00 bits per heavy atom. The van der Waals surface area contributed by atoms with Gasteiger partial charge in [-0.2, -0.15) is 0 Å². The van der Waals surface area contributed by atoms with Gasteiger partial charge in [-0.15, -0.1) is 10.2 Å². The number of rotatable bonds is 1. The zero-order valence-electron chi connectivity index (χ0n) is 10.2. The van der Waals surface area contributed by atoms with Crippen LogP contribution in [0.5, 0.6) is 0 Å². The lowest BCUT2D eigenvalue weighted by molar-refractivity contribution is 0.369. The van der Waals surface area contributed by atoms with Crippen molar-refractivity contribution in [3.8, 4) is 0 Å². The molecule has 1 aromatic heterocycles. The molecule has 1 saturated carbocycles. The summed E-state index contributed by atoms with van der Waals surface area (Å²) < 4.78 is 2.44. The standard InChI is InChI=1S/C13H21N3/c1-10-6-5-9-12-14-15-13(16(10)12)11-7-3-2-4-8-11/h10-11H,2-9H2,1H3. The maximum absolute atomic E-state index is 4.48. The number of hydrogen-bond acceptors (Lipinski definition) is 2. The summed E-state index contributed by atoms with van der Waals surface area (Å²) in [6, 6.07) is 0.621. The van der Waals surface area contributed by atoms with Gasteiger partial charge in [0.05, 0.1) is 0 Å². The highest BCUT2D eigenvalue weighted by Crippen LogP contribution is 2.35. The van der Waals surface area contributed by atoms with Crippen LogP contribution in [0.3, 0.4) is 0 Å². The van der Waals surface area contributed by atoms with Crippen molar-refractivity contribution in [1.29, 1.82) is 0 Å². The highest BCUT2D eigenvalue weighted by Gasteiger charge is 2.27. The lowest BCUT2D eigenvalue weighted by atomic mass is 9.88. The lowest BCUT2D eigenvalue weighted by Crippen LogP contribution is -2.20. The quantitative estimate of drug-likeness (QED) is 0.726. The van der Waals surface area contributed by atoms with Crippen molar-refractivity contribution < 1.29 is 0 Å². The van der Waals surface area contributed by atoms with Crippen LogP contribution in [-0.4, -0.2) is 14.8 Å². The first-order valence-corrected chi connectivity index (χ1v) is 6.80. The molecule has 16 heavy (non-hydrogen) atoms. The monoisotopic (exact) mass is 219 g/mol. The summed E-state index contributed by atoms with van der Waals surface area (Å²) in [5.41, 5.74) is 0. The van der Waals surface area contributed by atoms with Gasteiger partial charge < -0.3 is 4.57 Å². The molecule has 0 aromatic carbocycles. The van der Waals surface area contributed by atoms with Gasteiger partial charge >= 0.3 is 0 Å². The number of aromatic nitrogens is 3. The van der Waals surface area contributed by atoms with E-state index in [4.69, 9.17) is 0 Å². The number of aryl methyl sites for hydroxylation is 1. The molecule has 88 valence electrons. The maximum Gasteiger partial charge on any atom is 0.136 e. The summed E-state index contributed by atoms with van der Waals surface area (Å²) in [5.74, 6) is 3.22. The molecule has 1 fully saturated rings. The Balaban J connectivity index is 1.91. The van der Waals surface area contributed by atoms with Gasteiger partial charge in [-0.1, -0.05) is 19.3 Å².